The van der Waals surface area contributed by atoms with Gasteiger partial charge in [0, 0.05) is 17.8 Å². The molecule has 0 bridgehead atoms. The Morgan fingerprint density at radius 3 is 2.76 bits per heavy atom. The van der Waals surface area contributed by atoms with Crippen LogP contribution in [0, 0.1) is 18.3 Å². The normalized spacial score (nSPS) is 9.65. The van der Waals surface area contributed by atoms with Crippen LogP contribution in [0.5, 0.6) is 17.4 Å². The Balaban J connectivity index is 2.26. The number of rotatable bonds is 2. The van der Waals surface area contributed by atoms with Gasteiger partial charge in [0.25, 0.3) is 0 Å². The Bertz CT molecular complexity index is 571. The van der Waals surface area contributed by atoms with Crippen LogP contribution < -0.4 is 4.74 Å². The number of aromatic nitrogens is 1. The molecule has 0 aliphatic carbocycles. The van der Waals surface area contributed by atoms with Crippen LogP contribution in [-0.4, -0.2) is 10.1 Å². The lowest BCUT2D eigenvalue weighted by atomic mass is 10.2. The molecule has 1 heterocycles. The van der Waals surface area contributed by atoms with Gasteiger partial charge in [-0.1, -0.05) is 6.07 Å². The van der Waals surface area contributed by atoms with E-state index < -0.39 is 0 Å². The molecule has 0 atom stereocenters. The number of nitriles is 1. The molecular formula is C13H10N2O2. The van der Waals surface area contributed by atoms with Gasteiger partial charge in [-0.15, -0.1) is 0 Å². The van der Waals surface area contributed by atoms with Gasteiger partial charge < -0.3 is 9.84 Å². The Hall–Kier alpha value is -2.54. The maximum absolute atomic E-state index is 9.52. The standard InChI is InChI=1S/C13H10N2O2/c1-9-11(16)3-2-4-12(9)17-13-6-5-10(7-14)8-15-13/h2-6,8,16H,1H3. The highest BCUT2D eigenvalue weighted by Crippen LogP contribution is 2.29. The van der Waals surface area contributed by atoms with Crippen molar-refractivity contribution in [2.45, 2.75) is 6.92 Å². The topological polar surface area (TPSA) is 66.1 Å². The van der Waals surface area contributed by atoms with Crippen LogP contribution in [0.15, 0.2) is 36.5 Å². The third kappa shape index (κ3) is 2.34. The highest BCUT2D eigenvalue weighted by atomic mass is 16.5. The molecule has 1 N–H and O–H groups in total. The number of hydrogen-bond donors (Lipinski definition) is 1. The third-order valence-electron chi connectivity index (χ3n) is 2.34. The molecule has 17 heavy (non-hydrogen) atoms. The first-order valence-electron chi connectivity index (χ1n) is 5.03. The van der Waals surface area contributed by atoms with Crippen molar-refractivity contribution in [2.75, 3.05) is 0 Å². The Morgan fingerprint density at radius 1 is 1.29 bits per heavy atom. The number of aromatic hydroxyl groups is 1. The molecule has 1 aromatic carbocycles. The zero-order chi connectivity index (χ0) is 12.3. The van der Waals surface area contributed by atoms with Gasteiger partial charge in [-0.2, -0.15) is 5.26 Å². The smallest absolute Gasteiger partial charge is 0.219 e. The summed E-state index contributed by atoms with van der Waals surface area (Å²) in [6.07, 6.45) is 1.44. The van der Waals surface area contributed by atoms with E-state index in [1.54, 1.807) is 37.3 Å². The van der Waals surface area contributed by atoms with Crippen molar-refractivity contribution >= 4 is 0 Å². The summed E-state index contributed by atoms with van der Waals surface area (Å²) in [5.74, 6) is 1.11. The maximum Gasteiger partial charge on any atom is 0.219 e. The molecule has 0 aliphatic heterocycles. The molecule has 0 amide bonds. The van der Waals surface area contributed by atoms with Crippen LogP contribution in [0.3, 0.4) is 0 Å². The lowest BCUT2D eigenvalue weighted by Crippen LogP contribution is -1.90. The molecule has 0 spiro atoms. The van der Waals surface area contributed by atoms with Gasteiger partial charge in [-0.05, 0) is 25.1 Å². The van der Waals surface area contributed by atoms with Gasteiger partial charge in [0.1, 0.15) is 17.6 Å². The fourth-order valence-electron chi connectivity index (χ4n) is 1.33. The zero-order valence-electron chi connectivity index (χ0n) is 9.21. The quantitative estimate of drug-likeness (QED) is 0.855. The number of hydrogen-bond acceptors (Lipinski definition) is 4. The van der Waals surface area contributed by atoms with E-state index in [1.165, 1.54) is 6.20 Å². The van der Waals surface area contributed by atoms with Crippen LogP contribution in [0.25, 0.3) is 0 Å². The van der Waals surface area contributed by atoms with E-state index in [0.29, 0.717) is 22.8 Å². The van der Waals surface area contributed by atoms with Crippen molar-refractivity contribution in [1.82, 2.24) is 4.98 Å². The van der Waals surface area contributed by atoms with E-state index in [0.717, 1.165) is 0 Å². The Kier molecular flexibility index (Phi) is 2.93. The minimum absolute atomic E-state index is 0.177. The number of phenolic OH excluding ortho intramolecular Hbond substituents is 1. The molecule has 0 saturated carbocycles. The van der Waals surface area contributed by atoms with Crippen molar-refractivity contribution < 1.29 is 9.84 Å². The van der Waals surface area contributed by atoms with E-state index in [9.17, 15) is 5.11 Å². The first-order chi connectivity index (χ1) is 8.20. The summed E-state index contributed by atoms with van der Waals surface area (Å²) in [5.41, 5.74) is 1.13. The molecule has 1 aromatic heterocycles. The molecule has 0 radical (unpaired) electrons. The molecule has 2 aromatic rings. The molecule has 4 nitrogen and oxygen atoms in total. The van der Waals surface area contributed by atoms with E-state index in [4.69, 9.17) is 10.00 Å². The SMILES string of the molecule is Cc1c(O)cccc1Oc1ccc(C#N)cn1. The summed E-state index contributed by atoms with van der Waals surface area (Å²) in [6.45, 7) is 1.76. The van der Waals surface area contributed by atoms with Crippen molar-refractivity contribution in [2.24, 2.45) is 0 Å². The number of ether oxygens (including phenoxy) is 1. The fourth-order valence-corrected chi connectivity index (χ4v) is 1.33. The predicted octanol–water partition coefficient (Wildman–Crippen LogP) is 2.76. The molecule has 0 fully saturated rings. The second kappa shape index (κ2) is 4.54. The lowest BCUT2D eigenvalue weighted by Gasteiger charge is -2.08. The molecule has 0 unspecified atom stereocenters. The van der Waals surface area contributed by atoms with E-state index >= 15 is 0 Å². The van der Waals surface area contributed by atoms with Crippen LogP contribution in [0.1, 0.15) is 11.1 Å². The average molecular weight is 226 g/mol. The molecule has 0 aliphatic rings. The van der Waals surface area contributed by atoms with Gasteiger partial charge in [-0.3, -0.25) is 0 Å². The molecule has 0 saturated heterocycles. The van der Waals surface area contributed by atoms with Gasteiger partial charge in [0.05, 0.1) is 5.56 Å². The summed E-state index contributed by atoms with van der Waals surface area (Å²) in [7, 11) is 0. The summed E-state index contributed by atoms with van der Waals surface area (Å²) >= 11 is 0. The summed E-state index contributed by atoms with van der Waals surface area (Å²) in [5, 5.41) is 18.2. The Morgan fingerprint density at radius 2 is 2.12 bits per heavy atom. The average Bonchev–Trinajstić information content (AvgIpc) is 2.36. The number of phenols is 1. The highest BCUT2D eigenvalue weighted by Gasteiger charge is 2.05. The molecular weight excluding hydrogens is 216 g/mol. The number of benzene rings is 1. The zero-order valence-corrected chi connectivity index (χ0v) is 9.21. The number of nitrogens with zero attached hydrogens (tertiary/aromatic N) is 2. The van der Waals surface area contributed by atoms with Gasteiger partial charge in [0.15, 0.2) is 0 Å². The molecule has 4 heteroatoms. The molecule has 2 rings (SSSR count). The van der Waals surface area contributed by atoms with Crippen LogP contribution in [0.2, 0.25) is 0 Å². The van der Waals surface area contributed by atoms with Crippen LogP contribution in [-0.2, 0) is 0 Å². The van der Waals surface area contributed by atoms with E-state index in [2.05, 4.69) is 4.98 Å². The van der Waals surface area contributed by atoms with Gasteiger partial charge in [0.2, 0.25) is 5.88 Å². The van der Waals surface area contributed by atoms with Crippen molar-refractivity contribution in [3.63, 3.8) is 0 Å². The first kappa shape index (κ1) is 11.0. The lowest BCUT2D eigenvalue weighted by molar-refractivity contribution is 0.439. The van der Waals surface area contributed by atoms with Crippen molar-refractivity contribution in [3.8, 4) is 23.4 Å². The summed E-state index contributed by atoms with van der Waals surface area (Å²) in [6, 6.07) is 10.3. The first-order valence-corrected chi connectivity index (χ1v) is 5.03. The Labute approximate surface area is 98.7 Å². The largest absolute Gasteiger partial charge is 0.508 e. The molecule has 84 valence electrons. The monoisotopic (exact) mass is 226 g/mol. The second-order valence-electron chi connectivity index (χ2n) is 3.50. The minimum Gasteiger partial charge on any atom is -0.508 e. The van der Waals surface area contributed by atoms with Gasteiger partial charge in [-0.25, -0.2) is 4.98 Å². The minimum atomic E-state index is 0.177. The number of pyridine rings is 1. The second-order valence-corrected chi connectivity index (χ2v) is 3.50. The van der Waals surface area contributed by atoms with E-state index in [-0.39, 0.29) is 5.75 Å². The predicted molar refractivity (Wildman–Crippen MR) is 61.9 cm³/mol. The van der Waals surface area contributed by atoms with Crippen LogP contribution >= 0.6 is 0 Å². The van der Waals surface area contributed by atoms with E-state index in [1.807, 2.05) is 6.07 Å². The van der Waals surface area contributed by atoms with Crippen molar-refractivity contribution in [1.29, 1.82) is 5.26 Å². The van der Waals surface area contributed by atoms with Crippen molar-refractivity contribution in [3.05, 3.63) is 47.7 Å². The third-order valence-corrected chi connectivity index (χ3v) is 2.34. The maximum atomic E-state index is 9.52. The summed E-state index contributed by atoms with van der Waals surface area (Å²) < 4.78 is 5.51. The van der Waals surface area contributed by atoms with Crippen LogP contribution in [0.4, 0.5) is 0 Å². The summed E-state index contributed by atoms with van der Waals surface area (Å²) in [4.78, 5) is 3.99. The van der Waals surface area contributed by atoms with Gasteiger partial charge >= 0.3 is 0 Å². The fraction of sp³-hybridized carbons (Fsp3) is 0.0769. The highest BCUT2D eigenvalue weighted by molar-refractivity contribution is 5.44.